The highest BCUT2D eigenvalue weighted by Crippen LogP contribution is 2.23. The minimum absolute atomic E-state index is 0.0769. The van der Waals surface area contributed by atoms with Gasteiger partial charge in [-0.05, 0) is 43.2 Å². The summed E-state index contributed by atoms with van der Waals surface area (Å²) in [5.74, 6) is -0.198. The van der Waals surface area contributed by atoms with Gasteiger partial charge in [0.1, 0.15) is 0 Å². The molecular formula is C22H25BrN2O4S. The van der Waals surface area contributed by atoms with E-state index in [1.165, 1.54) is 4.31 Å². The number of aryl methyl sites for hydroxylation is 2. The van der Waals surface area contributed by atoms with E-state index < -0.39 is 10.0 Å². The van der Waals surface area contributed by atoms with Gasteiger partial charge < -0.3 is 4.90 Å². The SMILES string of the molecule is Cc1ccc(C)c(S(=O)(=O)N2CCN(C(=O)CCC(=O)c3ccc(Br)cc3)CC2)c1. The lowest BCUT2D eigenvalue weighted by atomic mass is 10.1. The lowest BCUT2D eigenvalue weighted by Gasteiger charge is -2.34. The average molecular weight is 493 g/mol. The molecule has 1 aliphatic heterocycles. The first-order chi connectivity index (χ1) is 14.2. The summed E-state index contributed by atoms with van der Waals surface area (Å²) in [7, 11) is -3.59. The fourth-order valence-corrected chi connectivity index (χ4v) is 5.46. The van der Waals surface area contributed by atoms with Crippen LogP contribution in [0.2, 0.25) is 0 Å². The molecule has 1 amide bonds. The number of benzene rings is 2. The molecule has 3 rings (SSSR count). The molecular weight excluding hydrogens is 468 g/mol. The second-order valence-electron chi connectivity index (χ2n) is 7.48. The highest BCUT2D eigenvalue weighted by Gasteiger charge is 2.31. The second-order valence-corrected chi connectivity index (χ2v) is 10.3. The standard InChI is InChI=1S/C22H25BrN2O4S/c1-16-3-4-17(2)21(15-16)30(28,29)25-13-11-24(12-14-25)22(27)10-9-20(26)18-5-7-19(23)8-6-18/h3-8,15H,9-14H2,1-2H3. The molecule has 0 bridgehead atoms. The van der Waals surface area contributed by atoms with Crippen LogP contribution in [0.4, 0.5) is 0 Å². The Morgan fingerprint density at radius 1 is 0.933 bits per heavy atom. The van der Waals surface area contributed by atoms with E-state index in [1.54, 1.807) is 42.2 Å². The molecule has 1 saturated heterocycles. The number of rotatable bonds is 6. The van der Waals surface area contributed by atoms with Crippen LogP contribution in [0.3, 0.4) is 0 Å². The Balaban J connectivity index is 1.55. The molecule has 0 N–H and O–H groups in total. The van der Waals surface area contributed by atoms with Gasteiger partial charge >= 0.3 is 0 Å². The van der Waals surface area contributed by atoms with Gasteiger partial charge in [-0.3, -0.25) is 9.59 Å². The topological polar surface area (TPSA) is 74.8 Å². The van der Waals surface area contributed by atoms with Crippen LogP contribution in [-0.4, -0.2) is 55.5 Å². The van der Waals surface area contributed by atoms with Crippen LogP contribution in [0.25, 0.3) is 0 Å². The van der Waals surface area contributed by atoms with E-state index >= 15 is 0 Å². The van der Waals surface area contributed by atoms with Gasteiger partial charge in [-0.25, -0.2) is 8.42 Å². The lowest BCUT2D eigenvalue weighted by Crippen LogP contribution is -2.50. The maximum absolute atomic E-state index is 13.0. The Kier molecular flexibility index (Phi) is 7.10. The number of amides is 1. The molecule has 0 aliphatic carbocycles. The Morgan fingerprint density at radius 3 is 2.20 bits per heavy atom. The average Bonchev–Trinajstić information content (AvgIpc) is 2.74. The van der Waals surface area contributed by atoms with Crippen LogP contribution >= 0.6 is 15.9 Å². The molecule has 0 radical (unpaired) electrons. The zero-order valence-corrected chi connectivity index (χ0v) is 19.5. The van der Waals surface area contributed by atoms with Crippen molar-refractivity contribution >= 4 is 37.6 Å². The van der Waals surface area contributed by atoms with Crippen molar-refractivity contribution in [3.05, 3.63) is 63.6 Å². The minimum atomic E-state index is -3.59. The number of piperazine rings is 1. The van der Waals surface area contributed by atoms with Gasteiger partial charge in [0.25, 0.3) is 0 Å². The zero-order chi connectivity index (χ0) is 21.9. The van der Waals surface area contributed by atoms with Crippen molar-refractivity contribution in [2.45, 2.75) is 31.6 Å². The number of halogens is 1. The van der Waals surface area contributed by atoms with E-state index in [-0.39, 0.29) is 37.6 Å². The van der Waals surface area contributed by atoms with Crippen molar-refractivity contribution in [1.29, 1.82) is 0 Å². The monoisotopic (exact) mass is 492 g/mol. The highest BCUT2D eigenvalue weighted by molar-refractivity contribution is 9.10. The molecule has 2 aromatic rings. The fourth-order valence-electron chi connectivity index (χ4n) is 3.46. The van der Waals surface area contributed by atoms with E-state index in [0.717, 1.165) is 10.0 Å². The number of hydrogen-bond donors (Lipinski definition) is 0. The number of ketones is 1. The molecule has 1 heterocycles. The Hall–Kier alpha value is -2.03. The smallest absolute Gasteiger partial charge is 0.243 e. The van der Waals surface area contributed by atoms with Crippen LogP contribution in [0, 0.1) is 13.8 Å². The van der Waals surface area contributed by atoms with Gasteiger partial charge in [-0.15, -0.1) is 0 Å². The predicted molar refractivity (Wildman–Crippen MR) is 119 cm³/mol. The number of carbonyl (C=O) groups excluding carboxylic acids is 2. The van der Waals surface area contributed by atoms with E-state index in [2.05, 4.69) is 15.9 Å². The molecule has 160 valence electrons. The molecule has 0 unspecified atom stereocenters. The van der Waals surface area contributed by atoms with Gasteiger partial charge in [-0.1, -0.05) is 40.2 Å². The first-order valence-corrected chi connectivity index (χ1v) is 12.1. The third-order valence-corrected chi connectivity index (χ3v) is 7.85. The number of carbonyl (C=O) groups is 2. The molecule has 6 nitrogen and oxygen atoms in total. The van der Waals surface area contributed by atoms with Crippen molar-refractivity contribution in [3.8, 4) is 0 Å². The van der Waals surface area contributed by atoms with E-state index in [1.807, 2.05) is 19.1 Å². The number of hydrogen-bond acceptors (Lipinski definition) is 4. The van der Waals surface area contributed by atoms with Crippen LogP contribution in [0.5, 0.6) is 0 Å². The second kappa shape index (κ2) is 9.41. The number of sulfonamides is 1. The summed E-state index contributed by atoms with van der Waals surface area (Å²) in [5.41, 5.74) is 2.18. The summed E-state index contributed by atoms with van der Waals surface area (Å²) >= 11 is 3.33. The molecule has 0 atom stereocenters. The molecule has 0 aromatic heterocycles. The molecule has 2 aromatic carbocycles. The Morgan fingerprint density at radius 2 is 1.57 bits per heavy atom. The third-order valence-electron chi connectivity index (χ3n) is 5.28. The lowest BCUT2D eigenvalue weighted by molar-refractivity contribution is -0.132. The van der Waals surface area contributed by atoms with Crippen LogP contribution in [-0.2, 0) is 14.8 Å². The normalized spacial score (nSPS) is 15.2. The van der Waals surface area contributed by atoms with Crippen LogP contribution < -0.4 is 0 Å². The van der Waals surface area contributed by atoms with Gasteiger partial charge in [-0.2, -0.15) is 4.31 Å². The van der Waals surface area contributed by atoms with Gasteiger partial charge in [0.15, 0.2) is 5.78 Å². The van der Waals surface area contributed by atoms with Crippen molar-refractivity contribution < 1.29 is 18.0 Å². The van der Waals surface area contributed by atoms with Crippen molar-refractivity contribution in [3.63, 3.8) is 0 Å². The first-order valence-electron chi connectivity index (χ1n) is 9.82. The van der Waals surface area contributed by atoms with Crippen molar-refractivity contribution in [1.82, 2.24) is 9.21 Å². The van der Waals surface area contributed by atoms with E-state index in [9.17, 15) is 18.0 Å². The fraction of sp³-hybridized carbons (Fsp3) is 0.364. The van der Waals surface area contributed by atoms with Crippen molar-refractivity contribution in [2.75, 3.05) is 26.2 Å². The van der Waals surface area contributed by atoms with Gasteiger partial charge in [0.05, 0.1) is 4.90 Å². The quantitative estimate of drug-likeness (QED) is 0.577. The van der Waals surface area contributed by atoms with Crippen LogP contribution in [0.1, 0.15) is 34.3 Å². The summed E-state index contributed by atoms with van der Waals surface area (Å²) in [6.45, 7) is 4.81. The first kappa shape index (κ1) is 22.7. The predicted octanol–water partition coefficient (Wildman–Crippen LogP) is 3.56. The van der Waals surface area contributed by atoms with Crippen LogP contribution in [0.15, 0.2) is 51.8 Å². The number of nitrogens with zero attached hydrogens (tertiary/aromatic N) is 2. The molecule has 1 fully saturated rings. The molecule has 1 aliphatic rings. The van der Waals surface area contributed by atoms with Crippen molar-refractivity contribution in [2.24, 2.45) is 0 Å². The highest BCUT2D eigenvalue weighted by atomic mass is 79.9. The van der Waals surface area contributed by atoms with E-state index in [0.29, 0.717) is 29.1 Å². The largest absolute Gasteiger partial charge is 0.340 e. The maximum Gasteiger partial charge on any atom is 0.243 e. The minimum Gasteiger partial charge on any atom is -0.340 e. The molecule has 0 spiro atoms. The van der Waals surface area contributed by atoms with E-state index in [4.69, 9.17) is 0 Å². The number of Topliss-reactive ketones (excluding diaryl/α,β-unsaturated/α-hetero) is 1. The molecule has 0 saturated carbocycles. The zero-order valence-electron chi connectivity index (χ0n) is 17.1. The third kappa shape index (κ3) is 5.17. The summed E-state index contributed by atoms with van der Waals surface area (Å²) in [6.07, 6.45) is 0.264. The summed E-state index contributed by atoms with van der Waals surface area (Å²) < 4.78 is 28.3. The molecule has 30 heavy (non-hydrogen) atoms. The maximum atomic E-state index is 13.0. The summed E-state index contributed by atoms with van der Waals surface area (Å²) in [5, 5.41) is 0. The van der Waals surface area contributed by atoms with Gasteiger partial charge in [0.2, 0.25) is 15.9 Å². The van der Waals surface area contributed by atoms with Gasteiger partial charge in [0, 0.05) is 49.1 Å². The Bertz CT molecular complexity index is 1040. The summed E-state index contributed by atoms with van der Waals surface area (Å²) in [6, 6.07) is 12.4. The Labute approximate surface area is 186 Å². The summed E-state index contributed by atoms with van der Waals surface area (Å²) in [4.78, 5) is 26.7. The molecule has 8 heteroatoms.